The molecule has 1 atom stereocenters. The molecule has 9 heteroatoms. The van der Waals surface area contributed by atoms with Crippen LogP contribution in [0, 0.1) is 0 Å². The first-order valence-corrected chi connectivity index (χ1v) is 10.00. The van der Waals surface area contributed by atoms with E-state index in [-0.39, 0.29) is 12.6 Å². The van der Waals surface area contributed by atoms with Gasteiger partial charge in [-0.1, -0.05) is 6.07 Å². The molecule has 29 heavy (non-hydrogen) atoms. The first-order chi connectivity index (χ1) is 13.8. The quantitative estimate of drug-likeness (QED) is 0.505. The Bertz CT molecular complexity index is 653. The van der Waals surface area contributed by atoms with Gasteiger partial charge in [-0.3, -0.25) is 9.89 Å². The molecule has 0 bridgehead atoms. The number of hydrogen-bond donors (Lipinski definition) is 2. The predicted octanol–water partition coefficient (Wildman–Crippen LogP) is 2.71. The Morgan fingerprint density at radius 1 is 1.38 bits per heavy atom. The molecule has 1 aromatic carbocycles. The van der Waals surface area contributed by atoms with Crippen LogP contribution in [0.3, 0.4) is 0 Å². The summed E-state index contributed by atoms with van der Waals surface area (Å²) in [5.41, 5.74) is 1.12. The molecule has 1 aliphatic rings. The van der Waals surface area contributed by atoms with Gasteiger partial charge in [0.1, 0.15) is 5.75 Å². The molecule has 1 fully saturated rings. The van der Waals surface area contributed by atoms with Crippen molar-refractivity contribution in [2.24, 2.45) is 4.99 Å². The van der Waals surface area contributed by atoms with Gasteiger partial charge >= 0.3 is 6.18 Å². The number of aliphatic imine (C=N–C) groups is 1. The highest BCUT2D eigenvalue weighted by Gasteiger charge is 2.28. The van der Waals surface area contributed by atoms with Crippen molar-refractivity contribution in [1.82, 2.24) is 15.5 Å². The zero-order valence-electron chi connectivity index (χ0n) is 17.4. The first-order valence-electron chi connectivity index (χ1n) is 10.00. The molecule has 1 unspecified atom stereocenters. The third kappa shape index (κ3) is 8.39. The molecule has 0 spiro atoms. The number of benzene rings is 1. The Hall–Kier alpha value is -2.16. The van der Waals surface area contributed by atoms with Gasteiger partial charge in [0.15, 0.2) is 5.96 Å². The molecule has 164 valence electrons. The number of piperidine rings is 1. The third-order valence-corrected chi connectivity index (χ3v) is 4.73. The van der Waals surface area contributed by atoms with Crippen LogP contribution in [0.15, 0.2) is 29.3 Å². The highest BCUT2D eigenvalue weighted by atomic mass is 19.4. The van der Waals surface area contributed by atoms with Crippen molar-refractivity contribution in [3.05, 3.63) is 24.3 Å². The average Bonchev–Trinajstić information content (AvgIpc) is 2.67. The van der Waals surface area contributed by atoms with Crippen molar-refractivity contribution in [2.45, 2.75) is 32.0 Å². The van der Waals surface area contributed by atoms with Crippen LogP contribution in [0.4, 0.5) is 18.9 Å². The molecule has 2 N–H and O–H groups in total. The van der Waals surface area contributed by atoms with Gasteiger partial charge in [-0.25, -0.2) is 0 Å². The van der Waals surface area contributed by atoms with Crippen LogP contribution in [0.1, 0.15) is 19.8 Å². The number of alkyl halides is 3. The van der Waals surface area contributed by atoms with Crippen LogP contribution in [0.2, 0.25) is 0 Å². The summed E-state index contributed by atoms with van der Waals surface area (Å²) in [7, 11) is 3.11. The number of nitrogens with zero attached hydrogens (tertiary/aromatic N) is 3. The molecule has 0 aliphatic carbocycles. The fourth-order valence-electron chi connectivity index (χ4n) is 3.37. The standard InChI is InChI=1S/C20H32F3N5O/c1-4-24-19(25-10-12-27(2)15-20(21,22)23)26-16-7-6-11-28(14-16)17-8-5-9-18(13-17)29-3/h5,8-9,13,16H,4,6-7,10-12,14-15H2,1-3H3,(H2,24,25,26). The molecule has 1 saturated heterocycles. The summed E-state index contributed by atoms with van der Waals surface area (Å²) in [6.45, 7) is 4.08. The number of rotatable bonds is 8. The van der Waals surface area contributed by atoms with E-state index in [0.29, 0.717) is 19.0 Å². The number of hydrogen-bond acceptors (Lipinski definition) is 4. The maximum absolute atomic E-state index is 12.4. The Morgan fingerprint density at radius 2 is 2.17 bits per heavy atom. The first kappa shape index (κ1) is 23.1. The fraction of sp³-hybridized carbons (Fsp3) is 0.650. The second-order valence-electron chi connectivity index (χ2n) is 7.24. The lowest BCUT2D eigenvalue weighted by molar-refractivity contribution is -0.142. The molecule has 1 aliphatic heterocycles. The second kappa shape index (κ2) is 11.1. The van der Waals surface area contributed by atoms with Gasteiger partial charge in [0, 0.05) is 44.0 Å². The topological polar surface area (TPSA) is 52.1 Å². The lowest BCUT2D eigenvalue weighted by Gasteiger charge is -2.35. The van der Waals surface area contributed by atoms with E-state index in [4.69, 9.17) is 4.74 Å². The summed E-state index contributed by atoms with van der Waals surface area (Å²) in [5.74, 6) is 1.47. The number of anilines is 1. The highest BCUT2D eigenvalue weighted by molar-refractivity contribution is 5.80. The third-order valence-electron chi connectivity index (χ3n) is 4.73. The minimum absolute atomic E-state index is 0.209. The monoisotopic (exact) mass is 415 g/mol. The summed E-state index contributed by atoms with van der Waals surface area (Å²) in [5, 5.41) is 6.62. The number of ether oxygens (including phenoxy) is 1. The largest absolute Gasteiger partial charge is 0.497 e. The maximum atomic E-state index is 12.4. The summed E-state index contributed by atoms with van der Waals surface area (Å²) < 4.78 is 42.6. The fourth-order valence-corrected chi connectivity index (χ4v) is 3.37. The van der Waals surface area contributed by atoms with E-state index >= 15 is 0 Å². The Kier molecular flexibility index (Phi) is 8.88. The zero-order valence-corrected chi connectivity index (χ0v) is 17.4. The van der Waals surface area contributed by atoms with Crippen LogP contribution in [0.5, 0.6) is 5.75 Å². The molecule has 0 radical (unpaired) electrons. The van der Waals surface area contributed by atoms with Crippen LogP contribution >= 0.6 is 0 Å². The minimum Gasteiger partial charge on any atom is -0.497 e. The molecule has 1 heterocycles. The lowest BCUT2D eigenvalue weighted by Crippen LogP contribution is -2.51. The van der Waals surface area contributed by atoms with E-state index in [1.165, 1.54) is 11.9 Å². The molecule has 0 amide bonds. The van der Waals surface area contributed by atoms with Gasteiger partial charge in [-0.05, 0) is 38.9 Å². The van der Waals surface area contributed by atoms with Gasteiger partial charge in [0.2, 0.25) is 0 Å². The Morgan fingerprint density at radius 3 is 2.86 bits per heavy atom. The van der Waals surface area contributed by atoms with Crippen LogP contribution < -0.4 is 20.3 Å². The normalized spacial score (nSPS) is 18.1. The summed E-state index contributed by atoms with van der Waals surface area (Å²) in [6, 6.07) is 8.21. The Balaban J connectivity index is 1.91. The van der Waals surface area contributed by atoms with Gasteiger partial charge in [0.05, 0.1) is 20.2 Å². The number of likely N-dealkylation sites (N-methyl/N-ethyl adjacent to an activating group) is 1. The molecule has 2 rings (SSSR count). The lowest BCUT2D eigenvalue weighted by atomic mass is 10.0. The van der Waals surface area contributed by atoms with Crippen molar-refractivity contribution >= 4 is 11.6 Å². The van der Waals surface area contributed by atoms with Gasteiger partial charge in [0.25, 0.3) is 0 Å². The smallest absolute Gasteiger partial charge is 0.401 e. The van der Waals surface area contributed by atoms with E-state index in [0.717, 1.165) is 37.4 Å². The minimum atomic E-state index is -4.19. The van der Waals surface area contributed by atoms with Gasteiger partial charge < -0.3 is 20.3 Å². The second-order valence-corrected chi connectivity index (χ2v) is 7.24. The van der Waals surface area contributed by atoms with Crippen molar-refractivity contribution < 1.29 is 17.9 Å². The molecular formula is C20H32F3N5O. The van der Waals surface area contributed by atoms with E-state index in [2.05, 4.69) is 26.6 Å². The highest BCUT2D eigenvalue weighted by Crippen LogP contribution is 2.24. The van der Waals surface area contributed by atoms with Crippen molar-refractivity contribution in [1.29, 1.82) is 0 Å². The number of methoxy groups -OCH3 is 1. The Labute approximate surface area is 171 Å². The van der Waals surface area contributed by atoms with Crippen LogP contribution in [-0.2, 0) is 0 Å². The van der Waals surface area contributed by atoms with Gasteiger partial charge in [-0.15, -0.1) is 0 Å². The summed E-state index contributed by atoms with van der Waals surface area (Å²) in [6.07, 6.45) is -2.13. The molecule has 1 aromatic rings. The van der Waals surface area contributed by atoms with E-state index in [9.17, 15) is 13.2 Å². The number of halogens is 3. The van der Waals surface area contributed by atoms with Gasteiger partial charge in [-0.2, -0.15) is 13.2 Å². The zero-order chi connectivity index (χ0) is 21.3. The molecule has 0 aromatic heterocycles. The number of guanidine groups is 1. The SMILES string of the molecule is CCNC(=NCCN(C)CC(F)(F)F)NC1CCCN(c2cccc(OC)c2)C1. The summed E-state index contributed by atoms with van der Waals surface area (Å²) >= 11 is 0. The van der Waals surface area contributed by atoms with Crippen LogP contribution in [-0.4, -0.2) is 76.5 Å². The number of nitrogens with one attached hydrogen (secondary N) is 2. The molecule has 0 saturated carbocycles. The summed E-state index contributed by atoms with van der Waals surface area (Å²) in [4.78, 5) is 7.99. The molecule has 6 nitrogen and oxygen atoms in total. The van der Waals surface area contributed by atoms with Crippen LogP contribution in [0.25, 0.3) is 0 Å². The van der Waals surface area contributed by atoms with E-state index in [1.807, 2.05) is 25.1 Å². The maximum Gasteiger partial charge on any atom is 0.401 e. The van der Waals surface area contributed by atoms with Crippen molar-refractivity contribution in [3.8, 4) is 5.75 Å². The predicted molar refractivity (Wildman–Crippen MR) is 111 cm³/mol. The van der Waals surface area contributed by atoms with E-state index in [1.54, 1.807) is 7.11 Å². The van der Waals surface area contributed by atoms with E-state index < -0.39 is 12.7 Å². The average molecular weight is 416 g/mol. The molecular weight excluding hydrogens is 383 g/mol. The van der Waals surface area contributed by atoms with Crippen molar-refractivity contribution in [2.75, 3.05) is 58.3 Å². The van der Waals surface area contributed by atoms with Crippen molar-refractivity contribution in [3.63, 3.8) is 0 Å².